The van der Waals surface area contributed by atoms with Gasteiger partial charge in [0, 0.05) is 18.2 Å². The molecular weight excluding hydrogens is 321 g/mol. The average molecular weight is 343 g/mol. The minimum absolute atomic E-state index is 0.0758. The Morgan fingerprint density at radius 2 is 2.00 bits per heavy atom. The number of halogens is 1. The van der Waals surface area contributed by atoms with Crippen molar-refractivity contribution in [1.29, 1.82) is 0 Å². The Bertz CT molecular complexity index is 758. The molecule has 0 bridgehead atoms. The molecule has 1 aliphatic carbocycles. The van der Waals surface area contributed by atoms with Crippen molar-refractivity contribution in [2.45, 2.75) is 32.4 Å². The van der Waals surface area contributed by atoms with Crippen LogP contribution in [0.1, 0.15) is 35.7 Å². The molecule has 2 aromatic carbocycles. The van der Waals surface area contributed by atoms with Crippen molar-refractivity contribution in [2.75, 3.05) is 13.7 Å². The summed E-state index contributed by atoms with van der Waals surface area (Å²) >= 11 is 0. The van der Waals surface area contributed by atoms with E-state index in [0.717, 1.165) is 18.4 Å². The monoisotopic (exact) mass is 343 g/mol. The summed E-state index contributed by atoms with van der Waals surface area (Å²) in [6.45, 7) is 2.82. The van der Waals surface area contributed by atoms with Crippen molar-refractivity contribution < 1.29 is 18.7 Å². The maximum absolute atomic E-state index is 13.4. The average Bonchev–Trinajstić information content (AvgIpc) is 3.45. The summed E-state index contributed by atoms with van der Waals surface area (Å²) in [7, 11) is 1.55. The fourth-order valence-electron chi connectivity index (χ4n) is 2.83. The minimum Gasteiger partial charge on any atom is -0.493 e. The van der Waals surface area contributed by atoms with Crippen LogP contribution in [0.25, 0.3) is 0 Å². The molecule has 1 saturated carbocycles. The standard InChI is InChI=1S/C20H22FNO3/c1-3-25-18-10-7-15(12-19(18)24-2)20(23)22(17-8-9-17)13-14-5-4-6-16(21)11-14/h4-7,10-12,17H,3,8-9,13H2,1-2H3. The van der Waals surface area contributed by atoms with Crippen LogP contribution in [0.15, 0.2) is 42.5 Å². The second kappa shape index (κ2) is 7.55. The molecule has 1 amide bonds. The molecule has 0 atom stereocenters. The number of ether oxygens (including phenoxy) is 2. The number of carbonyl (C=O) groups is 1. The first-order chi connectivity index (χ1) is 12.1. The summed E-state index contributed by atoms with van der Waals surface area (Å²) in [6.07, 6.45) is 1.96. The Balaban J connectivity index is 1.83. The van der Waals surface area contributed by atoms with Crippen LogP contribution in [0.3, 0.4) is 0 Å². The van der Waals surface area contributed by atoms with Gasteiger partial charge in [0.05, 0.1) is 13.7 Å². The van der Waals surface area contributed by atoms with Crippen LogP contribution < -0.4 is 9.47 Å². The molecular formula is C20H22FNO3. The lowest BCUT2D eigenvalue weighted by atomic mass is 10.1. The number of amides is 1. The highest BCUT2D eigenvalue weighted by Crippen LogP contribution is 2.32. The molecule has 1 aliphatic rings. The molecule has 2 aromatic rings. The predicted octanol–water partition coefficient (Wildman–Crippen LogP) is 4.04. The van der Waals surface area contributed by atoms with E-state index in [4.69, 9.17) is 9.47 Å². The van der Waals surface area contributed by atoms with Crippen LogP contribution in [0.4, 0.5) is 4.39 Å². The maximum Gasteiger partial charge on any atom is 0.254 e. The molecule has 0 aliphatic heterocycles. The Hall–Kier alpha value is -2.56. The van der Waals surface area contributed by atoms with E-state index in [0.29, 0.717) is 30.2 Å². The Labute approximate surface area is 147 Å². The van der Waals surface area contributed by atoms with E-state index < -0.39 is 0 Å². The second-order valence-corrected chi connectivity index (χ2v) is 6.09. The zero-order valence-electron chi connectivity index (χ0n) is 14.5. The third-order valence-corrected chi connectivity index (χ3v) is 4.20. The first kappa shape index (κ1) is 17.3. The van der Waals surface area contributed by atoms with Gasteiger partial charge in [0.2, 0.25) is 0 Å². The van der Waals surface area contributed by atoms with Crippen LogP contribution in [-0.4, -0.2) is 30.6 Å². The zero-order valence-corrected chi connectivity index (χ0v) is 14.5. The molecule has 3 rings (SSSR count). The number of hydrogen-bond acceptors (Lipinski definition) is 3. The maximum atomic E-state index is 13.4. The number of benzene rings is 2. The van der Waals surface area contributed by atoms with Gasteiger partial charge in [0.25, 0.3) is 5.91 Å². The number of rotatable bonds is 7. The summed E-state index contributed by atoms with van der Waals surface area (Å²) in [5.41, 5.74) is 1.33. The van der Waals surface area contributed by atoms with Crippen LogP contribution in [-0.2, 0) is 6.54 Å². The first-order valence-corrected chi connectivity index (χ1v) is 8.48. The van der Waals surface area contributed by atoms with Gasteiger partial charge in [0.15, 0.2) is 11.5 Å². The van der Waals surface area contributed by atoms with E-state index in [1.54, 1.807) is 31.4 Å². The van der Waals surface area contributed by atoms with Gasteiger partial charge in [0.1, 0.15) is 5.82 Å². The molecule has 0 unspecified atom stereocenters. The summed E-state index contributed by atoms with van der Waals surface area (Å²) in [4.78, 5) is 14.8. The third kappa shape index (κ3) is 4.10. The number of hydrogen-bond donors (Lipinski definition) is 0. The fourth-order valence-corrected chi connectivity index (χ4v) is 2.83. The lowest BCUT2D eigenvalue weighted by Gasteiger charge is -2.23. The molecule has 0 radical (unpaired) electrons. The van der Waals surface area contributed by atoms with E-state index >= 15 is 0 Å². The van der Waals surface area contributed by atoms with E-state index in [1.807, 2.05) is 17.9 Å². The van der Waals surface area contributed by atoms with E-state index in [2.05, 4.69) is 0 Å². The van der Waals surface area contributed by atoms with Gasteiger partial charge in [-0.15, -0.1) is 0 Å². The molecule has 0 spiro atoms. The third-order valence-electron chi connectivity index (χ3n) is 4.20. The highest BCUT2D eigenvalue weighted by molar-refractivity contribution is 5.95. The summed E-state index contributed by atoms with van der Waals surface area (Å²) in [6, 6.07) is 11.8. The lowest BCUT2D eigenvalue weighted by Crippen LogP contribution is -2.32. The molecule has 0 saturated heterocycles. The lowest BCUT2D eigenvalue weighted by molar-refractivity contribution is 0.0729. The van der Waals surface area contributed by atoms with E-state index in [1.165, 1.54) is 12.1 Å². The largest absolute Gasteiger partial charge is 0.493 e. The van der Waals surface area contributed by atoms with Gasteiger partial charge in [-0.3, -0.25) is 4.79 Å². The van der Waals surface area contributed by atoms with Crippen molar-refractivity contribution >= 4 is 5.91 Å². The molecule has 0 heterocycles. The quantitative estimate of drug-likeness (QED) is 0.762. The highest BCUT2D eigenvalue weighted by atomic mass is 19.1. The van der Waals surface area contributed by atoms with Crippen molar-refractivity contribution in [2.24, 2.45) is 0 Å². The Morgan fingerprint density at radius 1 is 1.20 bits per heavy atom. The number of methoxy groups -OCH3 is 1. The van der Waals surface area contributed by atoms with Crippen LogP contribution in [0, 0.1) is 5.82 Å². The van der Waals surface area contributed by atoms with Gasteiger partial charge in [-0.05, 0) is 55.7 Å². The Kier molecular flexibility index (Phi) is 5.22. The second-order valence-electron chi connectivity index (χ2n) is 6.09. The van der Waals surface area contributed by atoms with Crippen molar-refractivity contribution in [1.82, 2.24) is 4.90 Å². The SMILES string of the molecule is CCOc1ccc(C(=O)N(Cc2cccc(F)c2)C2CC2)cc1OC. The van der Waals surface area contributed by atoms with Crippen molar-refractivity contribution in [3.63, 3.8) is 0 Å². The van der Waals surface area contributed by atoms with Crippen molar-refractivity contribution in [3.8, 4) is 11.5 Å². The minimum atomic E-state index is -0.288. The van der Waals surface area contributed by atoms with E-state index in [9.17, 15) is 9.18 Å². The van der Waals surface area contributed by atoms with Crippen LogP contribution in [0.5, 0.6) is 11.5 Å². The zero-order chi connectivity index (χ0) is 17.8. The molecule has 1 fully saturated rings. The van der Waals surface area contributed by atoms with Crippen LogP contribution >= 0.6 is 0 Å². The van der Waals surface area contributed by atoms with Crippen molar-refractivity contribution in [3.05, 3.63) is 59.4 Å². The summed E-state index contributed by atoms with van der Waals surface area (Å²) in [5, 5.41) is 0. The summed E-state index contributed by atoms with van der Waals surface area (Å²) in [5.74, 6) is 0.787. The van der Waals surface area contributed by atoms with Gasteiger partial charge in [-0.25, -0.2) is 4.39 Å². The van der Waals surface area contributed by atoms with Gasteiger partial charge in [-0.1, -0.05) is 12.1 Å². The highest BCUT2D eigenvalue weighted by Gasteiger charge is 2.33. The molecule has 25 heavy (non-hydrogen) atoms. The fraction of sp³-hybridized carbons (Fsp3) is 0.350. The topological polar surface area (TPSA) is 38.8 Å². The van der Waals surface area contributed by atoms with Crippen LogP contribution in [0.2, 0.25) is 0 Å². The molecule has 4 nitrogen and oxygen atoms in total. The Morgan fingerprint density at radius 3 is 2.64 bits per heavy atom. The normalized spacial score (nSPS) is 13.4. The smallest absolute Gasteiger partial charge is 0.254 e. The molecule has 0 N–H and O–H groups in total. The van der Waals surface area contributed by atoms with Gasteiger partial charge in [-0.2, -0.15) is 0 Å². The predicted molar refractivity (Wildman–Crippen MR) is 93.5 cm³/mol. The molecule has 0 aromatic heterocycles. The molecule has 5 heteroatoms. The summed E-state index contributed by atoms with van der Waals surface area (Å²) < 4.78 is 24.3. The van der Waals surface area contributed by atoms with Gasteiger partial charge >= 0.3 is 0 Å². The molecule has 132 valence electrons. The number of carbonyl (C=O) groups excluding carboxylic acids is 1. The first-order valence-electron chi connectivity index (χ1n) is 8.48. The van der Waals surface area contributed by atoms with E-state index in [-0.39, 0.29) is 17.8 Å². The number of nitrogens with zero attached hydrogens (tertiary/aromatic N) is 1. The van der Waals surface area contributed by atoms with Gasteiger partial charge < -0.3 is 14.4 Å².